The van der Waals surface area contributed by atoms with Gasteiger partial charge in [-0.05, 0) is 32.0 Å². The number of nitrogens with one attached hydrogen (secondary N) is 1. The molecule has 2 rings (SSSR count). The molecule has 1 atom stereocenters. The van der Waals surface area contributed by atoms with Gasteiger partial charge in [0.1, 0.15) is 12.4 Å². The van der Waals surface area contributed by atoms with Crippen LogP contribution in [0.3, 0.4) is 0 Å². The Hall–Kier alpha value is -1.81. The number of hydrogen-bond donors (Lipinski definition) is 1. The minimum Gasteiger partial charge on any atom is -0.491 e. The van der Waals surface area contributed by atoms with Crippen molar-refractivity contribution in [3.8, 4) is 5.75 Å². The molecular weight excluding hydrogens is 279 g/mol. The van der Waals surface area contributed by atoms with Crippen LogP contribution in [0, 0.1) is 12.7 Å². The normalized spacial score (nSPS) is 12.0. The summed E-state index contributed by atoms with van der Waals surface area (Å²) in [6, 6.07) is 8.91. The molecule has 1 N–H and O–H groups in total. The monoisotopic (exact) mass is 294 g/mol. The summed E-state index contributed by atoms with van der Waals surface area (Å²) >= 11 is 5.65. The number of nitrogens with zero attached hydrogens (tertiary/aromatic N) is 1. The second kappa shape index (κ2) is 6.57. The third-order valence-corrected chi connectivity index (χ3v) is 2.92. The summed E-state index contributed by atoms with van der Waals surface area (Å²) in [6.07, 6.45) is 1.40. The van der Waals surface area contributed by atoms with E-state index in [0.717, 1.165) is 5.75 Å². The molecule has 1 unspecified atom stereocenters. The zero-order valence-electron chi connectivity index (χ0n) is 11.4. The molecule has 106 valence electrons. The van der Waals surface area contributed by atoms with E-state index in [2.05, 4.69) is 10.3 Å². The van der Waals surface area contributed by atoms with Gasteiger partial charge in [-0.1, -0.05) is 29.3 Å². The number of pyridine rings is 1. The Bertz CT molecular complexity index is 575. The maximum atomic E-state index is 13.6. The highest BCUT2D eigenvalue weighted by Gasteiger charge is 2.09. The molecule has 3 nitrogen and oxygen atoms in total. The highest BCUT2D eigenvalue weighted by molar-refractivity contribution is 6.30. The van der Waals surface area contributed by atoms with Crippen LogP contribution in [0.15, 0.2) is 36.5 Å². The first-order valence-electron chi connectivity index (χ1n) is 6.31. The smallest absolute Gasteiger partial charge is 0.166 e. The number of halogens is 2. The molecule has 0 fully saturated rings. The summed E-state index contributed by atoms with van der Waals surface area (Å²) in [7, 11) is 0. The van der Waals surface area contributed by atoms with Crippen molar-refractivity contribution in [2.45, 2.75) is 19.9 Å². The molecule has 0 bridgehead atoms. The fourth-order valence-corrected chi connectivity index (χ4v) is 1.80. The lowest BCUT2D eigenvalue weighted by Gasteiger charge is -2.16. The molecular formula is C15H16ClFN2O. The van der Waals surface area contributed by atoms with Crippen molar-refractivity contribution in [3.63, 3.8) is 0 Å². The highest BCUT2D eigenvalue weighted by Crippen LogP contribution is 2.17. The van der Waals surface area contributed by atoms with Gasteiger partial charge in [-0.15, -0.1) is 0 Å². The number of rotatable bonds is 5. The van der Waals surface area contributed by atoms with Gasteiger partial charge in [-0.25, -0.2) is 9.37 Å². The summed E-state index contributed by atoms with van der Waals surface area (Å²) in [5, 5.41) is 3.22. The Morgan fingerprint density at radius 1 is 1.35 bits per heavy atom. The lowest BCUT2D eigenvalue weighted by molar-refractivity contribution is 0.303. The van der Waals surface area contributed by atoms with Gasteiger partial charge >= 0.3 is 0 Å². The van der Waals surface area contributed by atoms with Crippen LogP contribution in [0.4, 0.5) is 10.2 Å². The lowest BCUT2D eigenvalue weighted by atomic mass is 10.2. The van der Waals surface area contributed by atoms with Gasteiger partial charge in [0.15, 0.2) is 11.6 Å². The topological polar surface area (TPSA) is 34.1 Å². The Morgan fingerprint density at radius 3 is 2.70 bits per heavy atom. The molecule has 0 aliphatic heterocycles. The number of aryl methyl sites for hydroxylation is 1. The fourth-order valence-electron chi connectivity index (χ4n) is 1.65. The average molecular weight is 295 g/mol. The van der Waals surface area contributed by atoms with E-state index in [9.17, 15) is 4.39 Å². The number of hydrogen-bond acceptors (Lipinski definition) is 3. The predicted molar refractivity (Wildman–Crippen MR) is 79.0 cm³/mol. The first kappa shape index (κ1) is 14.6. The Balaban J connectivity index is 1.89. The van der Waals surface area contributed by atoms with E-state index in [1.165, 1.54) is 17.8 Å². The SMILES string of the molecule is Cc1ccc(OCC(C)Nc2ncc(Cl)cc2F)cc1. The molecule has 20 heavy (non-hydrogen) atoms. The van der Waals surface area contributed by atoms with Crippen molar-refractivity contribution < 1.29 is 9.13 Å². The second-order valence-electron chi connectivity index (χ2n) is 4.65. The van der Waals surface area contributed by atoms with E-state index in [4.69, 9.17) is 16.3 Å². The van der Waals surface area contributed by atoms with Crippen molar-refractivity contribution in [2.75, 3.05) is 11.9 Å². The average Bonchev–Trinajstić information content (AvgIpc) is 2.41. The van der Waals surface area contributed by atoms with Gasteiger partial charge in [0, 0.05) is 6.20 Å². The van der Waals surface area contributed by atoms with Crippen LogP contribution in [0.2, 0.25) is 5.02 Å². The molecule has 1 aromatic heterocycles. The minimum absolute atomic E-state index is 0.0838. The maximum absolute atomic E-state index is 13.6. The number of ether oxygens (including phenoxy) is 1. The van der Waals surface area contributed by atoms with Crippen LogP contribution in [0.1, 0.15) is 12.5 Å². The predicted octanol–water partition coefficient (Wildman–Crippen LogP) is 4.06. The van der Waals surface area contributed by atoms with Gasteiger partial charge in [0.2, 0.25) is 0 Å². The quantitative estimate of drug-likeness (QED) is 0.903. The van der Waals surface area contributed by atoms with Crippen LogP contribution >= 0.6 is 11.6 Å². The van der Waals surface area contributed by atoms with E-state index in [0.29, 0.717) is 6.61 Å². The van der Waals surface area contributed by atoms with Crippen LogP contribution in [-0.4, -0.2) is 17.6 Å². The molecule has 1 aromatic carbocycles. The van der Waals surface area contributed by atoms with E-state index < -0.39 is 5.82 Å². The van der Waals surface area contributed by atoms with Crippen LogP contribution in [0.25, 0.3) is 0 Å². The van der Waals surface area contributed by atoms with Crippen LogP contribution in [0.5, 0.6) is 5.75 Å². The van der Waals surface area contributed by atoms with Crippen molar-refractivity contribution >= 4 is 17.4 Å². The van der Waals surface area contributed by atoms with E-state index in [-0.39, 0.29) is 16.9 Å². The maximum Gasteiger partial charge on any atom is 0.166 e. The molecule has 0 saturated carbocycles. The largest absolute Gasteiger partial charge is 0.491 e. The summed E-state index contributed by atoms with van der Waals surface area (Å²) < 4.78 is 19.2. The molecule has 2 aromatic rings. The lowest BCUT2D eigenvalue weighted by Crippen LogP contribution is -2.24. The Labute approximate surface area is 122 Å². The van der Waals surface area contributed by atoms with Gasteiger partial charge in [-0.2, -0.15) is 0 Å². The van der Waals surface area contributed by atoms with Crippen LogP contribution in [-0.2, 0) is 0 Å². The Kier molecular flexibility index (Phi) is 4.79. The first-order chi connectivity index (χ1) is 9.54. The summed E-state index contributed by atoms with van der Waals surface area (Å²) in [5.41, 5.74) is 1.18. The second-order valence-corrected chi connectivity index (χ2v) is 5.09. The zero-order chi connectivity index (χ0) is 14.5. The van der Waals surface area contributed by atoms with Crippen molar-refractivity contribution in [2.24, 2.45) is 0 Å². The van der Waals surface area contributed by atoms with Gasteiger partial charge in [0.25, 0.3) is 0 Å². The minimum atomic E-state index is -0.473. The Morgan fingerprint density at radius 2 is 2.05 bits per heavy atom. The van der Waals surface area contributed by atoms with Gasteiger partial charge < -0.3 is 10.1 Å². The fraction of sp³-hybridized carbons (Fsp3) is 0.267. The molecule has 0 aliphatic rings. The molecule has 0 spiro atoms. The molecule has 1 heterocycles. The first-order valence-corrected chi connectivity index (χ1v) is 6.69. The highest BCUT2D eigenvalue weighted by atomic mass is 35.5. The zero-order valence-corrected chi connectivity index (χ0v) is 12.1. The van der Waals surface area contributed by atoms with Gasteiger partial charge in [-0.3, -0.25) is 0 Å². The molecule has 0 amide bonds. The van der Waals surface area contributed by atoms with Gasteiger partial charge in [0.05, 0.1) is 11.1 Å². The standard InChI is InChI=1S/C15H16ClFN2O/c1-10-3-5-13(6-4-10)20-9-11(2)19-15-14(17)7-12(16)8-18-15/h3-8,11H,9H2,1-2H3,(H,18,19). The number of benzene rings is 1. The third-order valence-electron chi connectivity index (χ3n) is 2.71. The molecule has 5 heteroatoms. The summed E-state index contributed by atoms with van der Waals surface area (Å²) in [6.45, 7) is 4.32. The number of aromatic nitrogens is 1. The van der Waals surface area contributed by atoms with Crippen LogP contribution < -0.4 is 10.1 Å². The number of anilines is 1. The summed E-state index contributed by atoms with van der Waals surface area (Å²) in [4.78, 5) is 3.91. The van der Waals surface area contributed by atoms with Crippen molar-refractivity contribution in [1.82, 2.24) is 4.98 Å². The van der Waals surface area contributed by atoms with E-state index in [1.807, 2.05) is 38.1 Å². The summed E-state index contributed by atoms with van der Waals surface area (Å²) in [5.74, 6) is 0.489. The molecule has 0 radical (unpaired) electrons. The van der Waals surface area contributed by atoms with Crippen molar-refractivity contribution in [1.29, 1.82) is 0 Å². The van der Waals surface area contributed by atoms with E-state index in [1.54, 1.807) is 0 Å². The van der Waals surface area contributed by atoms with Crippen molar-refractivity contribution in [3.05, 3.63) is 52.9 Å². The van der Waals surface area contributed by atoms with E-state index >= 15 is 0 Å². The molecule has 0 saturated heterocycles. The third kappa shape index (κ3) is 4.10. The molecule has 0 aliphatic carbocycles.